The van der Waals surface area contributed by atoms with Crippen molar-refractivity contribution in [2.75, 3.05) is 0 Å². The molecule has 6 aromatic carbocycles. The molecule has 0 radical (unpaired) electrons. The van der Waals surface area contributed by atoms with E-state index in [0.29, 0.717) is 0 Å². The monoisotopic (exact) mass is 440 g/mol. The summed E-state index contributed by atoms with van der Waals surface area (Å²) >= 11 is 6.06. The molecule has 0 saturated carbocycles. The van der Waals surface area contributed by atoms with E-state index < -0.39 is 0 Å². The van der Waals surface area contributed by atoms with Gasteiger partial charge in [0, 0.05) is 5.02 Å². The Balaban J connectivity index is 1.34. The lowest BCUT2D eigenvalue weighted by Gasteiger charge is -2.09. The maximum absolute atomic E-state index is 6.06. The SMILES string of the molecule is Clc1ccc(-c2ccc3ccc(-c4ccc(-c5ccc6ccccc6c5)cc4)cc3c2)cc1. The second-order valence-corrected chi connectivity index (χ2v) is 8.86. The van der Waals surface area contributed by atoms with Crippen molar-refractivity contribution >= 4 is 33.1 Å². The Bertz CT molecular complexity index is 1590. The van der Waals surface area contributed by atoms with E-state index in [-0.39, 0.29) is 0 Å². The van der Waals surface area contributed by atoms with Gasteiger partial charge in [-0.25, -0.2) is 0 Å². The summed E-state index contributed by atoms with van der Waals surface area (Å²) < 4.78 is 0. The molecule has 0 unspecified atom stereocenters. The third-order valence-corrected chi connectivity index (χ3v) is 6.57. The van der Waals surface area contributed by atoms with E-state index in [1.807, 2.05) is 12.1 Å². The van der Waals surface area contributed by atoms with Crippen LogP contribution in [0.5, 0.6) is 0 Å². The zero-order valence-electron chi connectivity index (χ0n) is 18.0. The zero-order chi connectivity index (χ0) is 22.2. The van der Waals surface area contributed by atoms with Gasteiger partial charge in [0.05, 0.1) is 0 Å². The van der Waals surface area contributed by atoms with Gasteiger partial charge < -0.3 is 0 Å². The van der Waals surface area contributed by atoms with Crippen LogP contribution in [0, 0.1) is 0 Å². The first-order chi connectivity index (χ1) is 16.2. The van der Waals surface area contributed by atoms with Crippen LogP contribution in [0.4, 0.5) is 0 Å². The summed E-state index contributed by atoms with van der Waals surface area (Å²) in [5.74, 6) is 0. The second kappa shape index (κ2) is 8.24. The molecule has 0 atom stereocenters. The van der Waals surface area contributed by atoms with Crippen molar-refractivity contribution < 1.29 is 0 Å². The quantitative estimate of drug-likeness (QED) is 0.257. The highest BCUT2D eigenvalue weighted by Crippen LogP contribution is 2.31. The topological polar surface area (TPSA) is 0 Å². The minimum atomic E-state index is 0.758. The van der Waals surface area contributed by atoms with E-state index in [4.69, 9.17) is 11.6 Å². The first-order valence-corrected chi connectivity index (χ1v) is 11.5. The van der Waals surface area contributed by atoms with Crippen LogP contribution in [0.1, 0.15) is 0 Å². The lowest BCUT2D eigenvalue weighted by Crippen LogP contribution is -1.83. The molecular weight excluding hydrogens is 420 g/mol. The third-order valence-electron chi connectivity index (χ3n) is 6.32. The van der Waals surface area contributed by atoms with Crippen LogP contribution in [0.2, 0.25) is 5.02 Å². The molecule has 0 N–H and O–H groups in total. The summed E-state index contributed by atoms with van der Waals surface area (Å²) in [6.45, 7) is 0. The van der Waals surface area contributed by atoms with Crippen molar-refractivity contribution in [3.63, 3.8) is 0 Å². The van der Waals surface area contributed by atoms with Gasteiger partial charge in [0.2, 0.25) is 0 Å². The first-order valence-electron chi connectivity index (χ1n) is 11.1. The molecule has 0 aromatic heterocycles. The number of hydrogen-bond acceptors (Lipinski definition) is 0. The van der Waals surface area contributed by atoms with E-state index in [0.717, 1.165) is 5.02 Å². The number of fused-ring (bicyclic) bond motifs is 2. The molecule has 0 spiro atoms. The third kappa shape index (κ3) is 3.91. The number of rotatable bonds is 3. The molecule has 1 heteroatoms. The van der Waals surface area contributed by atoms with E-state index in [1.54, 1.807) is 0 Å². The van der Waals surface area contributed by atoms with E-state index in [1.165, 1.54) is 54.9 Å². The Hall–Kier alpha value is -3.87. The number of hydrogen-bond donors (Lipinski definition) is 0. The van der Waals surface area contributed by atoms with Crippen LogP contribution in [-0.2, 0) is 0 Å². The molecule has 0 heterocycles. The lowest BCUT2D eigenvalue weighted by molar-refractivity contribution is 1.61. The first kappa shape index (κ1) is 19.8. The maximum atomic E-state index is 6.06. The largest absolute Gasteiger partial charge is 0.0843 e. The van der Waals surface area contributed by atoms with Crippen LogP contribution in [0.3, 0.4) is 0 Å². The number of halogens is 1. The average Bonchev–Trinajstić information content (AvgIpc) is 2.88. The van der Waals surface area contributed by atoms with Crippen LogP contribution in [0.25, 0.3) is 54.9 Å². The van der Waals surface area contributed by atoms with Gasteiger partial charge >= 0.3 is 0 Å². The molecule has 6 aromatic rings. The summed E-state index contributed by atoms with van der Waals surface area (Å²) in [6, 6.07) is 45.3. The van der Waals surface area contributed by atoms with Crippen molar-refractivity contribution in [3.8, 4) is 33.4 Å². The predicted octanol–water partition coefficient (Wildman–Crippen LogP) is 9.65. The van der Waals surface area contributed by atoms with Gasteiger partial charge in [0.25, 0.3) is 0 Å². The average molecular weight is 441 g/mol. The molecule has 0 aliphatic rings. The standard InChI is InChI=1S/C32H21Cl/c33-32-17-15-25(16-18-32)30-14-11-26-10-13-29(20-31(26)21-30)24-7-5-23(6-8-24)28-12-9-22-3-1-2-4-27(22)19-28/h1-21H. The van der Waals surface area contributed by atoms with Crippen molar-refractivity contribution in [1.82, 2.24) is 0 Å². The summed E-state index contributed by atoms with van der Waals surface area (Å²) in [7, 11) is 0. The van der Waals surface area contributed by atoms with Gasteiger partial charge in [-0.3, -0.25) is 0 Å². The van der Waals surface area contributed by atoms with Gasteiger partial charge in [0.15, 0.2) is 0 Å². The summed E-state index contributed by atoms with van der Waals surface area (Å²) in [5.41, 5.74) is 7.29. The normalized spacial score (nSPS) is 11.2. The molecular formula is C32H21Cl. The summed E-state index contributed by atoms with van der Waals surface area (Å²) in [4.78, 5) is 0. The smallest absolute Gasteiger partial charge is 0.0406 e. The van der Waals surface area contributed by atoms with Gasteiger partial charge in [-0.05, 0) is 85.3 Å². The minimum Gasteiger partial charge on any atom is -0.0843 e. The summed E-state index contributed by atoms with van der Waals surface area (Å²) in [6.07, 6.45) is 0. The van der Waals surface area contributed by atoms with Gasteiger partial charge in [0.1, 0.15) is 0 Å². The molecule has 0 saturated heterocycles. The molecule has 156 valence electrons. The summed E-state index contributed by atoms with van der Waals surface area (Å²) in [5, 5.41) is 5.77. The molecule has 0 fully saturated rings. The maximum Gasteiger partial charge on any atom is 0.0406 e. The second-order valence-electron chi connectivity index (χ2n) is 8.42. The highest BCUT2D eigenvalue weighted by Gasteiger charge is 2.05. The van der Waals surface area contributed by atoms with Gasteiger partial charge in [-0.1, -0.05) is 109 Å². The molecule has 0 bridgehead atoms. The van der Waals surface area contributed by atoms with Crippen molar-refractivity contribution in [2.45, 2.75) is 0 Å². The Morgan fingerprint density at radius 2 is 0.667 bits per heavy atom. The Morgan fingerprint density at radius 1 is 0.303 bits per heavy atom. The molecule has 0 amide bonds. The highest BCUT2D eigenvalue weighted by molar-refractivity contribution is 6.30. The Morgan fingerprint density at radius 3 is 1.18 bits per heavy atom. The van der Waals surface area contributed by atoms with Crippen LogP contribution < -0.4 is 0 Å². The molecule has 0 aliphatic carbocycles. The molecule has 6 rings (SSSR count). The molecule has 33 heavy (non-hydrogen) atoms. The fraction of sp³-hybridized carbons (Fsp3) is 0. The highest BCUT2D eigenvalue weighted by atomic mass is 35.5. The molecule has 0 aliphatic heterocycles. The van der Waals surface area contributed by atoms with Crippen molar-refractivity contribution in [1.29, 1.82) is 0 Å². The van der Waals surface area contributed by atoms with Crippen LogP contribution in [0.15, 0.2) is 127 Å². The zero-order valence-corrected chi connectivity index (χ0v) is 18.8. The van der Waals surface area contributed by atoms with Crippen LogP contribution >= 0.6 is 11.6 Å². The Kier molecular flexibility index (Phi) is 4.94. The fourth-order valence-electron chi connectivity index (χ4n) is 4.47. The number of benzene rings is 6. The van der Waals surface area contributed by atoms with E-state index in [2.05, 4.69) is 115 Å². The fourth-order valence-corrected chi connectivity index (χ4v) is 4.60. The van der Waals surface area contributed by atoms with Crippen molar-refractivity contribution in [2.24, 2.45) is 0 Å². The molecule has 0 nitrogen and oxygen atoms in total. The van der Waals surface area contributed by atoms with E-state index in [9.17, 15) is 0 Å². The van der Waals surface area contributed by atoms with Gasteiger partial charge in [-0.15, -0.1) is 0 Å². The minimum absolute atomic E-state index is 0.758. The van der Waals surface area contributed by atoms with Crippen LogP contribution in [-0.4, -0.2) is 0 Å². The lowest BCUT2D eigenvalue weighted by atomic mass is 9.96. The van der Waals surface area contributed by atoms with Gasteiger partial charge in [-0.2, -0.15) is 0 Å². The van der Waals surface area contributed by atoms with Crippen molar-refractivity contribution in [3.05, 3.63) is 132 Å². The predicted molar refractivity (Wildman–Crippen MR) is 143 cm³/mol. The van der Waals surface area contributed by atoms with E-state index >= 15 is 0 Å². The Labute approximate surface area is 198 Å².